The summed E-state index contributed by atoms with van der Waals surface area (Å²) < 4.78 is 14.0. The summed E-state index contributed by atoms with van der Waals surface area (Å²) in [7, 11) is 0. The van der Waals surface area contributed by atoms with Crippen LogP contribution in [0.15, 0.2) is 0 Å². The van der Waals surface area contributed by atoms with Gasteiger partial charge in [0.25, 0.3) is 0 Å². The van der Waals surface area contributed by atoms with Crippen molar-refractivity contribution in [2.75, 3.05) is 11.5 Å². The van der Waals surface area contributed by atoms with E-state index in [1.807, 2.05) is 11.8 Å². The second kappa shape index (κ2) is 3.97. The van der Waals surface area contributed by atoms with E-state index in [-0.39, 0.29) is 12.0 Å². The van der Waals surface area contributed by atoms with Gasteiger partial charge in [0.05, 0.1) is 0 Å². The van der Waals surface area contributed by atoms with Crippen molar-refractivity contribution in [3.8, 4) is 0 Å². The van der Waals surface area contributed by atoms with Crippen molar-refractivity contribution in [3.63, 3.8) is 0 Å². The van der Waals surface area contributed by atoms with Gasteiger partial charge in [-0.25, -0.2) is 4.39 Å². The van der Waals surface area contributed by atoms with Gasteiger partial charge in [-0.15, -0.1) is 0 Å². The van der Waals surface area contributed by atoms with E-state index in [1.165, 1.54) is 5.75 Å². The molecule has 12 heavy (non-hydrogen) atoms. The molecule has 3 atom stereocenters. The predicted octanol–water partition coefficient (Wildman–Crippen LogP) is 2.21. The molecule has 1 heterocycles. The van der Waals surface area contributed by atoms with Gasteiger partial charge in [0.15, 0.2) is 0 Å². The Bertz CT molecular complexity index is 141. The highest BCUT2D eigenvalue weighted by Crippen LogP contribution is 2.35. The quantitative estimate of drug-likeness (QED) is 0.724. The molecule has 3 unspecified atom stereocenters. The molecule has 0 bridgehead atoms. The zero-order valence-corrected chi connectivity index (χ0v) is 8.66. The van der Waals surface area contributed by atoms with Crippen molar-refractivity contribution in [2.24, 2.45) is 11.7 Å². The lowest BCUT2D eigenvalue weighted by Crippen LogP contribution is -2.47. The Kier molecular flexibility index (Phi) is 3.41. The third-order valence-corrected chi connectivity index (χ3v) is 4.06. The van der Waals surface area contributed by atoms with Gasteiger partial charge in [-0.1, -0.05) is 0 Å². The fourth-order valence-corrected chi connectivity index (χ4v) is 2.87. The minimum absolute atomic E-state index is 0.163. The monoisotopic (exact) mass is 191 g/mol. The van der Waals surface area contributed by atoms with Crippen LogP contribution in [-0.2, 0) is 0 Å². The van der Waals surface area contributed by atoms with E-state index >= 15 is 0 Å². The van der Waals surface area contributed by atoms with Gasteiger partial charge >= 0.3 is 0 Å². The number of alkyl halides is 1. The van der Waals surface area contributed by atoms with Gasteiger partial charge in [0, 0.05) is 12.0 Å². The number of nitrogens with two attached hydrogens (primary N) is 1. The van der Waals surface area contributed by atoms with Crippen LogP contribution in [0, 0.1) is 5.92 Å². The second-order valence-electron chi connectivity index (χ2n) is 3.85. The molecule has 0 spiro atoms. The molecule has 1 nitrogen and oxygen atoms in total. The van der Waals surface area contributed by atoms with Crippen LogP contribution >= 0.6 is 11.8 Å². The van der Waals surface area contributed by atoms with Crippen LogP contribution in [0.1, 0.15) is 26.7 Å². The molecule has 1 aliphatic rings. The first-order valence-corrected chi connectivity index (χ1v) is 5.73. The van der Waals surface area contributed by atoms with E-state index in [1.54, 1.807) is 13.8 Å². The number of hydrogen-bond donors (Lipinski definition) is 1. The summed E-state index contributed by atoms with van der Waals surface area (Å²) in [4.78, 5) is 0. The zero-order chi connectivity index (χ0) is 9.19. The predicted molar refractivity (Wildman–Crippen MR) is 53.2 cm³/mol. The Hall–Kier alpha value is 0.240. The smallest absolute Gasteiger partial charge is 0.126 e. The van der Waals surface area contributed by atoms with Crippen molar-refractivity contribution in [1.82, 2.24) is 0 Å². The lowest BCUT2D eigenvalue weighted by atomic mass is 9.83. The van der Waals surface area contributed by atoms with E-state index in [9.17, 15) is 4.39 Å². The van der Waals surface area contributed by atoms with Crippen molar-refractivity contribution < 1.29 is 4.39 Å². The first-order valence-electron chi connectivity index (χ1n) is 4.57. The first-order chi connectivity index (χ1) is 5.55. The Balaban J connectivity index is 2.53. The molecular weight excluding hydrogens is 173 g/mol. The Labute approximate surface area is 78.3 Å². The lowest BCUT2D eigenvalue weighted by Gasteiger charge is -2.35. The number of hydrogen-bond acceptors (Lipinski definition) is 2. The normalized spacial score (nSPS) is 32.5. The number of rotatable bonds is 2. The molecule has 0 aromatic rings. The molecule has 1 fully saturated rings. The molecule has 0 saturated carbocycles. The topological polar surface area (TPSA) is 26.0 Å². The highest BCUT2D eigenvalue weighted by atomic mass is 32.2. The van der Waals surface area contributed by atoms with Gasteiger partial charge in [0.1, 0.15) is 5.67 Å². The molecule has 1 aliphatic heterocycles. The average Bonchev–Trinajstić information content (AvgIpc) is 2.06. The molecule has 1 rings (SSSR count). The molecule has 1 saturated heterocycles. The van der Waals surface area contributed by atoms with E-state index in [0.717, 1.165) is 18.6 Å². The molecule has 2 N–H and O–H groups in total. The van der Waals surface area contributed by atoms with Gasteiger partial charge in [-0.3, -0.25) is 0 Å². The Morgan fingerprint density at radius 1 is 1.67 bits per heavy atom. The van der Waals surface area contributed by atoms with E-state index in [4.69, 9.17) is 5.73 Å². The SMILES string of the molecule is CC(N)C(C)(F)C1CCCSC1. The highest BCUT2D eigenvalue weighted by Gasteiger charge is 2.38. The van der Waals surface area contributed by atoms with Crippen molar-refractivity contribution in [2.45, 2.75) is 38.4 Å². The number of thioether (sulfide) groups is 1. The fourth-order valence-electron chi connectivity index (χ4n) is 1.56. The van der Waals surface area contributed by atoms with Crippen LogP contribution in [-0.4, -0.2) is 23.2 Å². The highest BCUT2D eigenvalue weighted by molar-refractivity contribution is 7.99. The molecule has 0 aliphatic carbocycles. The Morgan fingerprint density at radius 2 is 2.33 bits per heavy atom. The third kappa shape index (κ3) is 2.13. The van der Waals surface area contributed by atoms with Crippen molar-refractivity contribution >= 4 is 11.8 Å². The van der Waals surface area contributed by atoms with Gasteiger partial charge in [0.2, 0.25) is 0 Å². The molecule has 3 heteroatoms. The summed E-state index contributed by atoms with van der Waals surface area (Å²) in [6, 6.07) is -0.346. The molecule has 0 radical (unpaired) electrons. The summed E-state index contributed by atoms with van der Waals surface area (Å²) in [6.07, 6.45) is 2.14. The molecule has 0 aromatic heterocycles. The summed E-state index contributed by atoms with van der Waals surface area (Å²) in [5.74, 6) is 2.29. The van der Waals surface area contributed by atoms with Crippen LogP contribution in [0.25, 0.3) is 0 Å². The van der Waals surface area contributed by atoms with Gasteiger partial charge < -0.3 is 5.73 Å². The molecule has 0 aromatic carbocycles. The van der Waals surface area contributed by atoms with E-state index < -0.39 is 5.67 Å². The minimum atomic E-state index is -1.17. The number of halogens is 1. The molecule has 0 amide bonds. The van der Waals surface area contributed by atoms with Crippen molar-refractivity contribution in [1.29, 1.82) is 0 Å². The summed E-state index contributed by atoms with van der Waals surface area (Å²) >= 11 is 1.85. The van der Waals surface area contributed by atoms with Crippen molar-refractivity contribution in [3.05, 3.63) is 0 Å². The second-order valence-corrected chi connectivity index (χ2v) is 5.00. The Morgan fingerprint density at radius 3 is 2.75 bits per heavy atom. The minimum Gasteiger partial charge on any atom is -0.325 e. The summed E-state index contributed by atoms with van der Waals surface area (Å²) in [5.41, 5.74) is 4.44. The third-order valence-electron chi connectivity index (χ3n) is 2.85. The standard InChI is InChI=1S/C9H18FNS/c1-7(11)9(2,10)8-4-3-5-12-6-8/h7-8H,3-6,11H2,1-2H3. The van der Waals surface area contributed by atoms with Gasteiger partial charge in [-0.2, -0.15) is 11.8 Å². The average molecular weight is 191 g/mol. The van der Waals surface area contributed by atoms with Crippen LogP contribution in [0.3, 0.4) is 0 Å². The summed E-state index contributed by atoms with van der Waals surface area (Å²) in [5, 5.41) is 0. The van der Waals surface area contributed by atoms with Crippen LogP contribution < -0.4 is 5.73 Å². The molecular formula is C9H18FNS. The largest absolute Gasteiger partial charge is 0.325 e. The van der Waals surface area contributed by atoms with Crippen LogP contribution in [0.5, 0.6) is 0 Å². The first kappa shape index (κ1) is 10.3. The van der Waals surface area contributed by atoms with Crippen LogP contribution in [0.2, 0.25) is 0 Å². The van der Waals surface area contributed by atoms with E-state index in [0.29, 0.717) is 0 Å². The van der Waals surface area contributed by atoms with Crippen LogP contribution in [0.4, 0.5) is 4.39 Å². The lowest BCUT2D eigenvalue weighted by molar-refractivity contribution is 0.0825. The zero-order valence-electron chi connectivity index (χ0n) is 7.85. The maximum absolute atomic E-state index is 14.0. The molecule has 72 valence electrons. The van der Waals surface area contributed by atoms with Gasteiger partial charge in [-0.05, 0) is 38.2 Å². The van der Waals surface area contributed by atoms with E-state index in [2.05, 4.69) is 0 Å². The summed E-state index contributed by atoms with van der Waals surface area (Å²) in [6.45, 7) is 3.41. The fraction of sp³-hybridized carbons (Fsp3) is 1.00. The maximum atomic E-state index is 14.0. The maximum Gasteiger partial charge on any atom is 0.126 e.